The molecule has 3 fully saturated rings. The Hall–Kier alpha value is -2.98. The first-order valence-electron chi connectivity index (χ1n) is 14.8. The molecule has 0 radical (unpaired) electrons. The number of carbonyl (C=O) groups excluding carboxylic acids is 2. The summed E-state index contributed by atoms with van der Waals surface area (Å²) in [4.78, 5) is 26.6. The predicted octanol–water partition coefficient (Wildman–Crippen LogP) is 5.76. The first-order chi connectivity index (χ1) is 20.0. The van der Waals surface area contributed by atoms with Gasteiger partial charge in [0.2, 0.25) is 5.91 Å². The molecule has 228 valence electrons. The van der Waals surface area contributed by atoms with Gasteiger partial charge < -0.3 is 20.5 Å². The lowest BCUT2D eigenvalue weighted by atomic mass is 9.67. The lowest BCUT2D eigenvalue weighted by Crippen LogP contribution is -2.53. The second kappa shape index (κ2) is 12.3. The fraction of sp³-hybridized carbons (Fsp3) is 0.562. The zero-order chi connectivity index (χ0) is 30.1. The molecule has 3 N–H and O–H groups in total. The standard InChI is InChI=1S/C32H38F4N2O4/c33-27-17-23(29(40)22-5-9-28(39)26(16-22)30(37)41)4-8-25(27)21-2-6-24(7-3-21)42-18-20-10-14-38(15-11-20)19-31(12-1-13-31)32(34,35)36/h2-4,6-8,17,20,22,26,28,39H,1,5,9-16,18-19H2,(H2,37,41)/t22-,26+,28+/m1/s1. The van der Waals surface area contributed by atoms with Gasteiger partial charge in [0.05, 0.1) is 24.0 Å². The minimum Gasteiger partial charge on any atom is -0.493 e. The summed E-state index contributed by atoms with van der Waals surface area (Å²) in [5.74, 6) is -1.85. The second-order valence-corrected chi connectivity index (χ2v) is 12.3. The van der Waals surface area contributed by atoms with Crippen LogP contribution in [0.1, 0.15) is 61.7 Å². The first-order valence-corrected chi connectivity index (χ1v) is 14.8. The molecule has 1 heterocycles. The molecule has 10 heteroatoms. The minimum atomic E-state index is -4.14. The Morgan fingerprint density at radius 1 is 1.02 bits per heavy atom. The summed E-state index contributed by atoms with van der Waals surface area (Å²) in [5, 5.41) is 10.00. The summed E-state index contributed by atoms with van der Waals surface area (Å²) in [6, 6.07) is 11.3. The Balaban J connectivity index is 1.12. The molecule has 0 spiro atoms. The number of aliphatic hydroxyl groups is 1. The maximum Gasteiger partial charge on any atom is 0.395 e. The van der Waals surface area contributed by atoms with Crippen molar-refractivity contribution in [2.45, 2.75) is 63.6 Å². The number of benzene rings is 2. The van der Waals surface area contributed by atoms with Crippen LogP contribution in [0.15, 0.2) is 42.5 Å². The van der Waals surface area contributed by atoms with Crippen LogP contribution in [0.5, 0.6) is 5.75 Å². The molecule has 2 aliphatic carbocycles. The molecule has 2 aromatic carbocycles. The Morgan fingerprint density at radius 3 is 2.29 bits per heavy atom. The van der Waals surface area contributed by atoms with Crippen molar-refractivity contribution in [2.75, 3.05) is 26.2 Å². The van der Waals surface area contributed by atoms with Crippen molar-refractivity contribution >= 4 is 11.7 Å². The van der Waals surface area contributed by atoms with Gasteiger partial charge in [0.25, 0.3) is 0 Å². The van der Waals surface area contributed by atoms with Crippen LogP contribution in [0.2, 0.25) is 0 Å². The van der Waals surface area contributed by atoms with Crippen molar-refractivity contribution in [3.05, 3.63) is 53.8 Å². The molecule has 3 atom stereocenters. The van der Waals surface area contributed by atoms with Gasteiger partial charge in [0, 0.05) is 23.6 Å². The van der Waals surface area contributed by atoms with Crippen molar-refractivity contribution in [1.82, 2.24) is 4.90 Å². The van der Waals surface area contributed by atoms with Crippen molar-refractivity contribution in [3.8, 4) is 16.9 Å². The number of nitrogens with two attached hydrogens (primary N) is 1. The number of ketones is 1. The van der Waals surface area contributed by atoms with E-state index in [0.717, 1.165) is 12.8 Å². The van der Waals surface area contributed by atoms with Crippen LogP contribution >= 0.6 is 0 Å². The quantitative estimate of drug-likeness (QED) is 0.286. The van der Waals surface area contributed by atoms with Gasteiger partial charge >= 0.3 is 6.18 Å². The van der Waals surface area contributed by atoms with Crippen molar-refractivity contribution in [1.29, 1.82) is 0 Å². The third-order valence-electron chi connectivity index (χ3n) is 9.60. The van der Waals surface area contributed by atoms with Gasteiger partial charge in [-0.1, -0.05) is 30.7 Å². The van der Waals surface area contributed by atoms with E-state index < -0.39 is 41.3 Å². The zero-order valence-corrected chi connectivity index (χ0v) is 23.5. The van der Waals surface area contributed by atoms with Crippen LogP contribution in [0, 0.1) is 29.0 Å². The number of piperidine rings is 1. The van der Waals surface area contributed by atoms with Gasteiger partial charge in [-0.2, -0.15) is 13.2 Å². The molecule has 0 aromatic heterocycles. The molecular formula is C32H38F4N2O4. The zero-order valence-electron chi connectivity index (χ0n) is 23.5. The molecule has 0 bridgehead atoms. The van der Waals surface area contributed by atoms with Crippen LogP contribution in [-0.4, -0.2) is 60.2 Å². The van der Waals surface area contributed by atoms with E-state index in [1.54, 1.807) is 36.4 Å². The predicted molar refractivity (Wildman–Crippen MR) is 149 cm³/mol. The highest BCUT2D eigenvalue weighted by molar-refractivity contribution is 5.98. The second-order valence-electron chi connectivity index (χ2n) is 12.3. The van der Waals surface area contributed by atoms with Gasteiger partial charge in [-0.05, 0) is 87.7 Å². The lowest BCUT2D eigenvalue weighted by Gasteiger charge is -2.47. The summed E-state index contributed by atoms with van der Waals surface area (Å²) in [7, 11) is 0. The van der Waals surface area contributed by atoms with E-state index in [-0.39, 0.29) is 43.1 Å². The van der Waals surface area contributed by atoms with Crippen molar-refractivity contribution < 1.29 is 37.0 Å². The van der Waals surface area contributed by atoms with E-state index in [1.807, 2.05) is 4.90 Å². The van der Waals surface area contributed by atoms with Crippen LogP contribution < -0.4 is 10.5 Å². The van der Waals surface area contributed by atoms with E-state index in [2.05, 4.69) is 0 Å². The number of ether oxygens (including phenoxy) is 1. The number of halogens is 4. The van der Waals surface area contributed by atoms with E-state index >= 15 is 4.39 Å². The number of hydrogen-bond acceptors (Lipinski definition) is 5. The largest absolute Gasteiger partial charge is 0.493 e. The third kappa shape index (κ3) is 6.49. The number of carbonyl (C=O) groups is 2. The highest BCUT2D eigenvalue weighted by atomic mass is 19.4. The molecule has 2 saturated carbocycles. The van der Waals surface area contributed by atoms with Gasteiger partial charge in [-0.3, -0.25) is 9.59 Å². The molecule has 42 heavy (non-hydrogen) atoms. The Kier molecular flexibility index (Phi) is 8.94. The molecule has 6 nitrogen and oxygen atoms in total. The number of rotatable bonds is 9. The molecule has 1 aliphatic heterocycles. The Labute approximate surface area is 243 Å². The Morgan fingerprint density at radius 2 is 1.71 bits per heavy atom. The van der Waals surface area contributed by atoms with E-state index in [1.165, 1.54) is 6.07 Å². The highest BCUT2D eigenvalue weighted by Gasteiger charge is 2.58. The number of nitrogens with zero attached hydrogens (tertiary/aromatic N) is 1. The Bertz CT molecular complexity index is 1270. The van der Waals surface area contributed by atoms with Gasteiger partial charge in [-0.15, -0.1) is 0 Å². The molecule has 2 aromatic rings. The molecule has 3 aliphatic rings. The SMILES string of the molecule is NC(=O)[C@H]1C[C@H](C(=O)c2ccc(-c3ccc(OCC4CCN(CC5(C(F)(F)F)CCC5)CC4)cc3)c(F)c2)CC[C@@H]1O. The van der Waals surface area contributed by atoms with Crippen LogP contribution in [0.3, 0.4) is 0 Å². The monoisotopic (exact) mass is 590 g/mol. The molecule has 1 amide bonds. The summed E-state index contributed by atoms with van der Waals surface area (Å²) in [6.07, 6.45) is -1.48. The van der Waals surface area contributed by atoms with Crippen LogP contribution in [0.4, 0.5) is 17.6 Å². The normalized spacial score (nSPS) is 25.0. The minimum absolute atomic E-state index is 0.0950. The molecule has 5 rings (SSSR count). The summed E-state index contributed by atoms with van der Waals surface area (Å²) >= 11 is 0. The number of primary amides is 1. The topological polar surface area (TPSA) is 92.9 Å². The van der Waals surface area contributed by atoms with Gasteiger partial charge in [-0.25, -0.2) is 4.39 Å². The van der Waals surface area contributed by atoms with E-state index in [4.69, 9.17) is 10.5 Å². The van der Waals surface area contributed by atoms with Crippen molar-refractivity contribution in [2.24, 2.45) is 28.9 Å². The molecule has 1 saturated heterocycles. The third-order valence-corrected chi connectivity index (χ3v) is 9.60. The first kappa shape index (κ1) is 30.5. The fourth-order valence-electron chi connectivity index (χ4n) is 6.66. The smallest absolute Gasteiger partial charge is 0.395 e. The van der Waals surface area contributed by atoms with Crippen LogP contribution in [0.25, 0.3) is 11.1 Å². The van der Waals surface area contributed by atoms with Gasteiger partial charge in [0.15, 0.2) is 5.78 Å². The fourth-order valence-corrected chi connectivity index (χ4v) is 6.66. The highest BCUT2D eigenvalue weighted by Crippen LogP contribution is 2.53. The van der Waals surface area contributed by atoms with E-state index in [9.17, 15) is 27.9 Å². The average Bonchev–Trinajstić information content (AvgIpc) is 2.94. The molecular weight excluding hydrogens is 552 g/mol. The summed E-state index contributed by atoms with van der Waals surface area (Å²) in [5.41, 5.74) is 5.01. The van der Waals surface area contributed by atoms with E-state index in [0.29, 0.717) is 55.8 Å². The number of Topliss-reactive ketones (excluding diaryl/α,β-unsaturated/α-hetero) is 1. The number of amides is 1. The number of alkyl halides is 3. The number of hydrogen-bond donors (Lipinski definition) is 2. The average molecular weight is 591 g/mol. The van der Waals surface area contributed by atoms with Gasteiger partial charge in [0.1, 0.15) is 11.6 Å². The maximum absolute atomic E-state index is 15.1. The van der Waals surface area contributed by atoms with Crippen molar-refractivity contribution in [3.63, 3.8) is 0 Å². The summed E-state index contributed by atoms with van der Waals surface area (Å²) < 4.78 is 61.6. The lowest BCUT2D eigenvalue weighted by molar-refractivity contribution is -0.256. The number of aliphatic hydroxyl groups excluding tert-OH is 1. The van der Waals surface area contributed by atoms with Crippen LogP contribution in [-0.2, 0) is 4.79 Å². The summed E-state index contributed by atoms with van der Waals surface area (Å²) in [6.45, 7) is 1.84. The molecule has 0 unspecified atom stereocenters. The maximum atomic E-state index is 15.1. The number of likely N-dealkylation sites (tertiary alicyclic amines) is 1.